The molecule has 1 aromatic rings. The fourth-order valence-corrected chi connectivity index (χ4v) is 8.38. The van der Waals surface area contributed by atoms with E-state index in [0.717, 1.165) is 0 Å². The van der Waals surface area contributed by atoms with Crippen LogP contribution in [0.3, 0.4) is 0 Å². The number of phenolic OH excluding ortho intramolecular Hbond substituents is 1. The van der Waals surface area contributed by atoms with Crippen molar-refractivity contribution in [2.24, 2.45) is 0 Å². The molecule has 35 heavy (non-hydrogen) atoms. The first-order chi connectivity index (χ1) is 15.8. The second kappa shape index (κ2) is 12.1. The molecule has 0 spiro atoms. The first-order valence-electron chi connectivity index (χ1n) is 12.3. The molecule has 0 saturated heterocycles. The zero-order chi connectivity index (χ0) is 27.4. The van der Waals surface area contributed by atoms with Crippen LogP contribution in [0, 0.1) is 0 Å². The minimum absolute atomic E-state index is 0.0774. The Balaban J connectivity index is 4.15. The first-order valence-corrected chi connectivity index (χ1v) is 15.4. The van der Waals surface area contributed by atoms with Crippen molar-refractivity contribution in [3.05, 3.63) is 33.9 Å². The smallest absolute Gasteiger partial charge is 0.370 e. The molecule has 0 heterocycles. The summed E-state index contributed by atoms with van der Waals surface area (Å²) in [5.74, 6) is 0.210. The van der Waals surface area contributed by atoms with Gasteiger partial charge in [-0.2, -0.15) is 0 Å². The van der Waals surface area contributed by atoms with Gasteiger partial charge in [0.25, 0.3) is 0 Å². The maximum absolute atomic E-state index is 14.3. The molecule has 9 heteroatoms. The van der Waals surface area contributed by atoms with Gasteiger partial charge in [0, 0.05) is 11.1 Å². The summed E-state index contributed by atoms with van der Waals surface area (Å²) < 4.78 is 51.2. The molecule has 0 amide bonds. The van der Waals surface area contributed by atoms with E-state index in [2.05, 4.69) is 0 Å². The molecule has 0 aliphatic heterocycles. The van der Waals surface area contributed by atoms with E-state index in [1.807, 2.05) is 53.7 Å². The average molecular weight is 533 g/mol. The van der Waals surface area contributed by atoms with Gasteiger partial charge < -0.3 is 23.2 Å². The van der Waals surface area contributed by atoms with E-state index in [1.54, 1.807) is 41.5 Å². The normalized spacial score (nSPS) is 14.3. The number of phenols is 1. The van der Waals surface area contributed by atoms with E-state index >= 15 is 0 Å². The van der Waals surface area contributed by atoms with E-state index in [1.165, 1.54) is 6.08 Å². The van der Waals surface area contributed by atoms with E-state index in [9.17, 15) is 14.2 Å². The maximum Gasteiger partial charge on any atom is 0.370 e. The molecule has 0 aliphatic carbocycles. The van der Waals surface area contributed by atoms with Gasteiger partial charge in [-0.25, -0.2) is 0 Å². The standard InChI is InChI=1S/C26H46O7P2/c1-13-30-34(28,31-14-2)23(35(29,32-18(3)4)33-19(5)6)17-20-15-21(25(7,8)9)24(27)22(16-20)26(10,11)12/h15-19,27H,13-14H2,1-12H3/b23-17+. The van der Waals surface area contributed by atoms with Crippen LogP contribution in [-0.2, 0) is 38.1 Å². The van der Waals surface area contributed by atoms with Crippen LogP contribution in [0.25, 0.3) is 6.08 Å². The molecule has 202 valence electrons. The Kier molecular flexibility index (Phi) is 11.1. The van der Waals surface area contributed by atoms with Crippen LogP contribution < -0.4 is 0 Å². The highest BCUT2D eigenvalue weighted by molar-refractivity contribution is 7.79. The van der Waals surface area contributed by atoms with Crippen molar-refractivity contribution >= 4 is 21.3 Å². The van der Waals surface area contributed by atoms with Gasteiger partial charge in [-0.05, 0) is 76.1 Å². The third-order valence-electron chi connectivity index (χ3n) is 4.90. The molecule has 0 unspecified atom stereocenters. The van der Waals surface area contributed by atoms with Crippen LogP contribution in [0.4, 0.5) is 0 Å². The van der Waals surface area contributed by atoms with Crippen LogP contribution in [0.1, 0.15) is 99.8 Å². The minimum Gasteiger partial charge on any atom is -0.507 e. The SMILES string of the molecule is CCOP(=O)(OCC)/C(=C\c1cc(C(C)(C)C)c(O)c(C(C)(C)C)c1)P(=O)(OC(C)C)OC(C)C. The van der Waals surface area contributed by atoms with E-state index in [4.69, 9.17) is 18.1 Å². The summed E-state index contributed by atoms with van der Waals surface area (Å²) in [5, 5.41) is 11.0. The van der Waals surface area contributed by atoms with Crippen LogP contribution >= 0.6 is 15.2 Å². The molecule has 1 aromatic carbocycles. The molecule has 0 saturated carbocycles. The van der Waals surface area contributed by atoms with Crippen LogP contribution in [0.5, 0.6) is 5.75 Å². The summed E-state index contributed by atoms with van der Waals surface area (Å²) in [6.07, 6.45) is 0.575. The highest BCUT2D eigenvalue weighted by Gasteiger charge is 2.46. The molecular weight excluding hydrogens is 486 g/mol. The van der Waals surface area contributed by atoms with E-state index in [-0.39, 0.29) is 34.8 Å². The van der Waals surface area contributed by atoms with Gasteiger partial charge in [0.2, 0.25) is 0 Å². The molecule has 1 rings (SSSR count). The van der Waals surface area contributed by atoms with Gasteiger partial charge in [-0.15, -0.1) is 0 Å². The van der Waals surface area contributed by atoms with Gasteiger partial charge in [0.15, 0.2) is 5.06 Å². The second-order valence-electron chi connectivity index (χ2n) is 11.1. The van der Waals surface area contributed by atoms with Gasteiger partial charge in [-0.3, -0.25) is 9.13 Å². The van der Waals surface area contributed by atoms with Gasteiger partial charge in [0.05, 0.1) is 25.4 Å². The Labute approximate surface area is 212 Å². The predicted octanol–water partition coefficient (Wildman–Crippen LogP) is 8.59. The number of rotatable bonds is 11. The molecular formula is C26H46O7P2. The highest BCUT2D eigenvalue weighted by Crippen LogP contribution is 2.75. The molecule has 0 bridgehead atoms. The topological polar surface area (TPSA) is 91.3 Å². The Morgan fingerprint density at radius 2 is 1.20 bits per heavy atom. The molecule has 1 N–H and O–H groups in total. The van der Waals surface area contributed by atoms with E-state index < -0.39 is 27.4 Å². The van der Waals surface area contributed by atoms with Crippen LogP contribution in [0.2, 0.25) is 0 Å². The summed E-state index contributed by atoms with van der Waals surface area (Å²) >= 11 is 0. The van der Waals surface area contributed by atoms with Crippen molar-refractivity contribution in [2.45, 2.75) is 106 Å². The summed E-state index contributed by atoms with van der Waals surface area (Å²) in [6.45, 7) is 22.5. The zero-order valence-electron chi connectivity index (χ0n) is 23.6. The minimum atomic E-state index is -4.13. The molecule has 0 aromatic heterocycles. The lowest BCUT2D eigenvalue weighted by Gasteiger charge is -2.30. The third-order valence-corrected chi connectivity index (χ3v) is 10.3. The average Bonchev–Trinajstić information content (AvgIpc) is 2.63. The molecule has 7 nitrogen and oxygen atoms in total. The number of benzene rings is 1. The van der Waals surface area contributed by atoms with Crippen molar-refractivity contribution in [3.63, 3.8) is 0 Å². The van der Waals surface area contributed by atoms with Gasteiger partial charge in [0.1, 0.15) is 5.75 Å². The zero-order valence-corrected chi connectivity index (χ0v) is 25.4. The Bertz CT molecular complexity index is 923. The lowest BCUT2D eigenvalue weighted by atomic mass is 9.78. The van der Waals surface area contributed by atoms with Gasteiger partial charge >= 0.3 is 15.2 Å². The fraction of sp³-hybridized carbons (Fsp3) is 0.692. The van der Waals surface area contributed by atoms with Crippen LogP contribution in [0.15, 0.2) is 17.2 Å². The summed E-state index contributed by atoms with van der Waals surface area (Å²) in [6, 6.07) is 3.61. The monoisotopic (exact) mass is 532 g/mol. The van der Waals surface area contributed by atoms with Crippen molar-refractivity contribution in [1.82, 2.24) is 0 Å². The number of hydrogen-bond donors (Lipinski definition) is 1. The fourth-order valence-electron chi connectivity index (χ4n) is 3.54. The predicted molar refractivity (Wildman–Crippen MR) is 144 cm³/mol. The Morgan fingerprint density at radius 1 is 0.829 bits per heavy atom. The Hall–Kier alpha value is -0.940. The quantitative estimate of drug-likeness (QED) is 0.285. The van der Waals surface area contributed by atoms with Gasteiger partial charge in [-0.1, -0.05) is 41.5 Å². The summed E-state index contributed by atoms with van der Waals surface area (Å²) in [4.78, 5) is 0. The number of hydrogen-bond acceptors (Lipinski definition) is 7. The van der Waals surface area contributed by atoms with Crippen molar-refractivity contribution in [1.29, 1.82) is 0 Å². The second-order valence-corrected chi connectivity index (χ2v) is 15.4. The van der Waals surface area contributed by atoms with Crippen LogP contribution in [-0.4, -0.2) is 30.5 Å². The lowest BCUT2D eigenvalue weighted by molar-refractivity contribution is 0.147. The van der Waals surface area contributed by atoms with Crippen molar-refractivity contribution in [3.8, 4) is 5.75 Å². The summed E-state index contributed by atoms with van der Waals surface area (Å²) in [7, 11) is -8.19. The number of aromatic hydroxyl groups is 1. The molecule has 0 radical (unpaired) electrons. The van der Waals surface area contributed by atoms with E-state index in [0.29, 0.717) is 16.7 Å². The van der Waals surface area contributed by atoms with Crippen molar-refractivity contribution < 1.29 is 32.3 Å². The molecule has 0 atom stereocenters. The Morgan fingerprint density at radius 3 is 1.49 bits per heavy atom. The highest BCUT2D eigenvalue weighted by atomic mass is 31.2. The first kappa shape index (κ1) is 32.1. The van der Waals surface area contributed by atoms with Crippen molar-refractivity contribution in [2.75, 3.05) is 13.2 Å². The maximum atomic E-state index is 14.3. The largest absolute Gasteiger partial charge is 0.507 e. The summed E-state index contributed by atoms with van der Waals surface area (Å²) in [5.41, 5.74) is 1.24. The third kappa shape index (κ3) is 8.55. The molecule has 0 aliphatic rings. The lowest BCUT2D eigenvalue weighted by Crippen LogP contribution is -2.17. The molecule has 0 fully saturated rings.